The Balaban J connectivity index is 2.78. The molecule has 13 heavy (non-hydrogen) atoms. The van der Waals surface area contributed by atoms with Crippen LogP contribution < -0.4 is 5.73 Å². The van der Waals surface area contributed by atoms with Crippen LogP contribution in [0.5, 0.6) is 0 Å². The van der Waals surface area contributed by atoms with Gasteiger partial charge in [-0.05, 0) is 0 Å². The molecule has 1 saturated heterocycles. The second-order valence-corrected chi connectivity index (χ2v) is 2.55. The number of carbonyl (C=O) groups is 2. The summed E-state index contributed by atoms with van der Waals surface area (Å²) in [6.45, 7) is -1.54. The topological polar surface area (TPSA) is 119 Å². The Kier molecular flexibility index (Phi) is 2.50. The summed E-state index contributed by atoms with van der Waals surface area (Å²) in [5.41, 5.74) is 3.02. The van der Waals surface area contributed by atoms with Gasteiger partial charge in [-0.25, -0.2) is 9.59 Å². The number of aliphatic hydroxyl groups is 2. The van der Waals surface area contributed by atoms with E-state index < -0.39 is 37.0 Å². The summed E-state index contributed by atoms with van der Waals surface area (Å²) < 4.78 is 8.80. The minimum absolute atomic E-state index is 0.675. The Morgan fingerprint density at radius 3 is 2.54 bits per heavy atom. The average Bonchev–Trinajstić information content (AvgIpc) is 2.11. The second kappa shape index (κ2) is 3.29. The fourth-order valence-electron chi connectivity index (χ4n) is 0.773. The highest BCUT2D eigenvalue weighted by molar-refractivity contribution is 5.90. The van der Waals surface area contributed by atoms with Crippen molar-refractivity contribution in [1.29, 1.82) is 0 Å². The van der Waals surface area contributed by atoms with Gasteiger partial charge in [-0.1, -0.05) is 0 Å². The van der Waals surface area contributed by atoms with Crippen LogP contribution in [0.15, 0.2) is 0 Å². The SMILES string of the molecule is NC1(CO)OC(=O)C(CO)OC1=O. The van der Waals surface area contributed by atoms with Gasteiger partial charge in [-0.3, -0.25) is 5.73 Å². The van der Waals surface area contributed by atoms with E-state index in [1.807, 2.05) is 0 Å². The molecule has 4 N–H and O–H groups in total. The maximum Gasteiger partial charge on any atom is 0.369 e. The average molecular weight is 191 g/mol. The van der Waals surface area contributed by atoms with E-state index in [2.05, 4.69) is 9.47 Å². The van der Waals surface area contributed by atoms with Crippen molar-refractivity contribution in [1.82, 2.24) is 0 Å². The highest BCUT2D eigenvalue weighted by atomic mass is 16.7. The third kappa shape index (κ3) is 1.62. The quantitative estimate of drug-likeness (QED) is 0.400. The third-order valence-electron chi connectivity index (χ3n) is 1.54. The number of carbonyl (C=O) groups excluding carboxylic acids is 2. The van der Waals surface area contributed by atoms with Gasteiger partial charge in [0.15, 0.2) is 0 Å². The van der Waals surface area contributed by atoms with Crippen LogP contribution in [0, 0.1) is 0 Å². The highest BCUT2D eigenvalue weighted by Crippen LogP contribution is 2.15. The molecular formula is C6H9NO6. The van der Waals surface area contributed by atoms with Crippen molar-refractivity contribution in [2.75, 3.05) is 13.2 Å². The molecule has 2 unspecified atom stereocenters. The number of esters is 2. The number of ether oxygens (including phenoxy) is 2. The van der Waals surface area contributed by atoms with Crippen LogP contribution in [-0.2, 0) is 19.1 Å². The minimum Gasteiger partial charge on any atom is -0.444 e. The lowest BCUT2D eigenvalue weighted by Crippen LogP contribution is -2.62. The predicted molar refractivity (Wildman–Crippen MR) is 37.1 cm³/mol. The van der Waals surface area contributed by atoms with Crippen molar-refractivity contribution in [3.8, 4) is 0 Å². The molecule has 7 nitrogen and oxygen atoms in total. The van der Waals surface area contributed by atoms with E-state index in [9.17, 15) is 9.59 Å². The molecule has 1 rings (SSSR count). The summed E-state index contributed by atoms with van der Waals surface area (Å²) in [7, 11) is 0. The van der Waals surface area contributed by atoms with Crippen molar-refractivity contribution < 1.29 is 29.3 Å². The predicted octanol–water partition coefficient (Wildman–Crippen LogP) is -2.91. The largest absolute Gasteiger partial charge is 0.444 e. The normalized spacial score (nSPS) is 33.9. The Bertz CT molecular complexity index is 241. The number of rotatable bonds is 2. The van der Waals surface area contributed by atoms with E-state index in [1.54, 1.807) is 0 Å². The summed E-state index contributed by atoms with van der Waals surface area (Å²) in [5, 5.41) is 17.2. The van der Waals surface area contributed by atoms with Crippen molar-refractivity contribution in [2.45, 2.75) is 11.8 Å². The molecule has 1 fully saturated rings. The van der Waals surface area contributed by atoms with Gasteiger partial charge in [0, 0.05) is 0 Å². The Hall–Kier alpha value is -1.18. The molecule has 0 aromatic rings. The summed E-state index contributed by atoms with van der Waals surface area (Å²) in [5.74, 6) is -2.05. The monoisotopic (exact) mass is 191 g/mol. The lowest BCUT2D eigenvalue weighted by Gasteiger charge is -2.32. The summed E-state index contributed by atoms with van der Waals surface area (Å²) in [4.78, 5) is 21.9. The first-order valence-corrected chi connectivity index (χ1v) is 3.48. The lowest BCUT2D eigenvalue weighted by atomic mass is 10.2. The van der Waals surface area contributed by atoms with Crippen molar-refractivity contribution in [3.05, 3.63) is 0 Å². The molecule has 0 aromatic heterocycles. The molecule has 7 heteroatoms. The van der Waals surface area contributed by atoms with E-state index >= 15 is 0 Å². The molecule has 0 spiro atoms. The number of hydrogen-bond acceptors (Lipinski definition) is 7. The zero-order valence-corrected chi connectivity index (χ0v) is 6.60. The lowest BCUT2D eigenvalue weighted by molar-refractivity contribution is -0.217. The maximum absolute atomic E-state index is 11.0. The Morgan fingerprint density at radius 1 is 1.46 bits per heavy atom. The van der Waals surface area contributed by atoms with Crippen LogP contribution >= 0.6 is 0 Å². The first-order chi connectivity index (χ1) is 6.03. The molecule has 0 amide bonds. The minimum atomic E-state index is -2.14. The maximum atomic E-state index is 11.0. The summed E-state index contributed by atoms with van der Waals surface area (Å²) in [6.07, 6.45) is -1.35. The zero-order chi connectivity index (χ0) is 10.1. The molecule has 74 valence electrons. The van der Waals surface area contributed by atoms with Crippen LogP contribution in [0.2, 0.25) is 0 Å². The van der Waals surface area contributed by atoms with Gasteiger partial charge in [-0.2, -0.15) is 0 Å². The molecule has 1 aliphatic rings. The zero-order valence-electron chi connectivity index (χ0n) is 6.60. The second-order valence-electron chi connectivity index (χ2n) is 2.55. The molecule has 1 aliphatic heterocycles. The number of nitrogens with two attached hydrogens (primary N) is 1. The van der Waals surface area contributed by atoms with E-state index in [4.69, 9.17) is 15.9 Å². The van der Waals surface area contributed by atoms with Gasteiger partial charge in [0.25, 0.3) is 5.72 Å². The molecule has 0 aromatic carbocycles. The van der Waals surface area contributed by atoms with Gasteiger partial charge < -0.3 is 19.7 Å². The Labute approximate surface area is 73.0 Å². The molecule has 0 bridgehead atoms. The van der Waals surface area contributed by atoms with Crippen LogP contribution in [0.25, 0.3) is 0 Å². The van der Waals surface area contributed by atoms with Crippen molar-refractivity contribution in [3.63, 3.8) is 0 Å². The van der Waals surface area contributed by atoms with Crippen LogP contribution in [0.3, 0.4) is 0 Å². The van der Waals surface area contributed by atoms with Gasteiger partial charge >= 0.3 is 11.9 Å². The molecule has 0 aliphatic carbocycles. The number of aliphatic hydroxyl groups excluding tert-OH is 2. The first kappa shape index (κ1) is 9.90. The smallest absolute Gasteiger partial charge is 0.369 e. The van der Waals surface area contributed by atoms with E-state index in [-0.39, 0.29) is 0 Å². The van der Waals surface area contributed by atoms with Gasteiger partial charge in [0.2, 0.25) is 6.10 Å². The fraction of sp³-hybridized carbons (Fsp3) is 0.667. The van der Waals surface area contributed by atoms with Gasteiger partial charge in [-0.15, -0.1) is 0 Å². The first-order valence-electron chi connectivity index (χ1n) is 3.48. The number of cyclic esters (lactones) is 2. The van der Waals surface area contributed by atoms with Crippen LogP contribution in [0.4, 0.5) is 0 Å². The molecule has 2 atom stereocenters. The third-order valence-corrected chi connectivity index (χ3v) is 1.54. The Morgan fingerprint density at radius 2 is 2.08 bits per heavy atom. The molecular weight excluding hydrogens is 182 g/mol. The summed E-state index contributed by atoms with van der Waals surface area (Å²) >= 11 is 0. The molecule has 1 heterocycles. The van der Waals surface area contributed by atoms with Crippen LogP contribution in [0.1, 0.15) is 0 Å². The van der Waals surface area contributed by atoms with Gasteiger partial charge in [0.1, 0.15) is 6.61 Å². The van der Waals surface area contributed by atoms with Crippen LogP contribution in [-0.4, -0.2) is 47.2 Å². The van der Waals surface area contributed by atoms with E-state index in [1.165, 1.54) is 0 Å². The number of hydrogen-bond donors (Lipinski definition) is 3. The molecule has 0 saturated carbocycles. The van der Waals surface area contributed by atoms with Gasteiger partial charge in [0.05, 0.1) is 6.61 Å². The fourth-order valence-corrected chi connectivity index (χ4v) is 0.773. The van der Waals surface area contributed by atoms with E-state index in [0.29, 0.717) is 0 Å². The standard InChI is InChI=1S/C6H9NO6/c7-6(2-9)5(11)12-3(1-8)4(10)13-6/h3,8-9H,1-2,7H2. The van der Waals surface area contributed by atoms with E-state index in [0.717, 1.165) is 0 Å². The molecule has 0 radical (unpaired) electrons. The van der Waals surface area contributed by atoms with Crippen molar-refractivity contribution >= 4 is 11.9 Å². The van der Waals surface area contributed by atoms with Crippen molar-refractivity contribution in [2.24, 2.45) is 5.73 Å². The summed E-state index contributed by atoms with van der Waals surface area (Å²) in [6, 6.07) is 0. The highest BCUT2D eigenvalue weighted by Gasteiger charge is 2.48.